The van der Waals surface area contributed by atoms with Crippen LogP contribution >= 0.6 is 0 Å². The first kappa shape index (κ1) is 15.7. The number of hydrogen-bond acceptors (Lipinski definition) is 3. The monoisotopic (exact) mass is 263 g/mol. The maximum Gasteiger partial charge on any atom is 0.118 e. The van der Waals surface area contributed by atoms with Crippen molar-refractivity contribution >= 4 is 6.08 Å². The Morgan fingerprint density at radius 3 is 2.47 bits per heavy atom. The highest BCUT2D eigenvalue weighted by molar-refractivity contribution is 5.53. The molecule has 1 aromatic carbocycles. The van der Waals surface area contributed by atoms with Gasteiger partial charge in [-0.05, 0) is 37.5 Å². The molecule has 2 atom stereocenters. The van der Waals surface area contributed by atoms with E-state index in [1.807, 2.05) is 31.2 Å². The van der Waals surface area contributed by atoms with Crippen molar-refractivity contribution in [2.75, 3.05) is 20.3 Å². The lowest BCUT2D eigenvalue weighted by Crippen LogP contribution is -2.34. The van der Waals surface area contributed by atoms with Crippen molar-refractivity contribution in [3.05, 3.63) is 35.4 Å². The number of rotatable bonds is 7. The second kappa shape index (κ2) is 7.97. The zero-order valence-electron chi connectivity index (χ0n) is 12.3. The van der Waals surface area contributed by atoms with E-state index >= 15 is 0 Å². The Kier molecular flexibility index (Phi) is 6.60. The second-order valence-corrected chi connectivity index (χ2v) is 5.09. The largest absolute Gasteiger partial charge is 0.497 e. The molecule has 2 N–H and O–H groups in total. The summed E-state index contributed by atoms with van der Waals surface area (Å²) in [5, 5.41) is 12.5. The van der Waals surface area contributed by atoms with E-state index in [0.717, 1.165) is 12.3 Å². The molecule has 19 heavy (non-hydrogen) atoms. The van der Waals surface area contributed by atoms with Crippen LogP contribution in [0, 0.1) is 5.92 Å². The van der Waals surface area contributed by atoms with Crippen LogP contribution in [0.25, 0.3) is 6.08 Å². The van der Waals surface area contributed by atoms with E-state index in [9.17, 15) is 0 Å². The third-order valence-electron chi connectivity index (χ3n) is 3.37. The predicted octanol–water partition coefficient (Wildman–Crippen LogP) is 2.71. The van der Waals surface area contributed by atoms with Crippen molar-refractivity contribution in [2.24, 2.45) is 5.92 Å². The van der Waals surface area contributed by atoms with Crippen molar-refractivity contribution in [3.8, 4) is 5.75 Å². The minimum absolute atomic E-state index is 0.218. The molecule has 0 aliphatic carbocycles. The molecule has 106 valence electrons. The van der Waals surface area contributed by atoms with E-state index in [4.69, 9.17) is 9.84 Å². The number of aliphatic hydroxyl groups is 1. The third-order valence-corrected chi connectivity index (χ3v) is 3.37. The van der Waals surface area contributed by atoms with Gasteiger partial charge in [-0.1, -0.05) is 30.7 Å². The van der Waals surface area contributed by atoms with Gasteiger partial charge in [0.25, 0.3) is 0 Å². The molecule has 0 saturated heterocycles. The van der Waals surface area contributed by atoms with Gasteiger partial charge in [-0.15, -0.1) is 0 Å². The molecule has 0 bridgehead atoms. The molecule has 0 saturated carbocycles. The summed E-state index contributed by atoms with van der Waals surface area (Å²) in [6.45, 7) is 7.29. The quantitative estimate of drug-likeness (QED) is 0.795. The topological polar surface area (TPSA) is 41.5 Å². The van der Waals surface area contributed by atoms with Crippen LogP contribution in [0.3, 0.4) is 0 Å². The standard InChI is InChI=1S/C16H25NO2/c1-12(10-17-14(3)13(2)11-18)9-15-5-7-16(19-4)8-6-15/h5-9,13-14,17-18H,10-11H2,1-4H3/b12-9-. The molecule has 1 rings (SSSR count). The summed E-state index contributed by atoms with van der Waals surface area (Å²) in [5.41, 5.74) is 2.44. The number of benzene rings is 1. The van der Waals surface area contributed by atoms with Crippen LogP contribution in [-0.2, 0) is 0 Å². The van der Waals surface area contributed by atoms with Gasteiger partial charge in [0.15, 0.2) is 0 Å². The molecule has 0 radical (unpaired) electrons. The first-order valence-electron chi connectivity index (χ1n) is 6.72. The third kappa shape index (κ3) is 5.45. The summed E-state index contributed by atoms with van der Waals surface area (Å²) >= 11 is 0. The van der Waals surface area contributed by atoms with Gasteiger partial charge in [0, 0.05) is 19.2 Å². The zero-order valence-corrected chi connectivity index (χ0v) is 12.3. The van der Waals surface area contributed by atoms with Crippen molar-refractivity contribution in [3.63, 3.8) is 0 Å². The Bertz CT molecular complexity index is 398. The highest BCUT2D eigenvalue weighted by Gasteiger charge is 2.09. The number of aliphatic hydroxyl groups excluding tert-OH is 1. The van der Waals surface area contributed by atoms with Crippen molar-refractivity contribution in [1.82, 2.24) is 5.32 Å². The van der Waals surface area contributed by atoms with Crippen LogP contribution in [0.2, 0.25) is 0 Å². The van der Waals surface area contributed by atoms with E-state index in [0.29, 0.717) is 6.04 Å². The van der Waals surface area contributed by atoms with Crippen LogP contribution in [0.15, 0.2) is 29.8 Å². The zero-order chi connectivity index (χ0) is 14.3. The Morgan fingerprint density at radius 2 is 1.95 bits per heavy atom. The Labute approximate surface area is 116 Å². The van der Waals surface area contributed by atoms with Crippen LogP contribution in [0.1, 0.15) is 26.3 Å². The molecule has 0 aromatic heterocycles. The summed E-state index contributed by atoms with van der Waals surface area (Å²) in [5.74, 6) is 1.15. The molecule has 0 aliphatic heterocycles. The van der Waals surface area contributed by atoms with Gasteiger partial charge in [0.1, 0.15) is 5.75 Å². The number of nitrogens with one attached hydrogen (secondary N) is 1. The Hall–Kier alpha value is -1.32. The number of methoxy groups -OCH3 is 1. The lowest BCUT2D eigenvalue weighted by Gasteiger charge is -2.19. The highest BCUT2D eigenvalue weighted by Crippen LogP contribution is 2.13. The minimum atomic E-state index is 0.218. The maximum absolute atomic E-state index is 9.09. The predicted molar refractivity (Wildman–Crippen MR) is 80.4 cm³/mol. The van der Waals surface area contributed by atoms with E-state index in [1.165, 1.54) is 11.1 Å². The maximum atomic E-state index is 9.09. The summed E-state index contributed by atoms with van der Waals surface area (Å²) in [6.07, 6.45) is 2.16. The fourth-order valence-corrected chi connectivity index (χ4v) is 1.72. The SMILES string of the molecule is COc1ccc(/C=C(/C)CNC(C)C(C)CO)cc1. The van der Waals surface area contributed by atoms with Gasteiger partial charge in [-0.2, -0.15) is 0 Å². The molecular weight excluding hydrogens is 238 g/mol. The van der Waals surface area contributed by atoms with Crippen molar-refractivity contribution in [2.45, 2.75) is 26.8 Å². The smallest absolute Gasteiger partial charge is 0.118 e. The minimum Gasteiger partial charge on any atom is -0.497 e. The van der Waals surface area contributed by atoms with E-state index in [-0.39, 0.29) is 12.5 Å². The summed E-state index contributed by atoms with van der Waals surface area (Å²) in [4.78, 5) is 0. The second-order valence-electron chi connectivity index (χ2n) is 5.09. The first-order chi connectivity index (χ1) is 9.06. The van der Waals surface area contributed by atoms with Gasteiger partial charge >= 0.3 is 0 Å². The molecule has 3 nitrogen and oxygen atoms in total. The van der Waals surface area contributed by atoms with E-state index in [1.54, 1.807) is 7.11 Å². The van der Waals surface area contributed by atoms with Gasteiger partial charge in [-0.3, -0.25) is 0 Å². The van der Waals surface area contributed by atoms with E-state index in [2.05, 4.69) is 25.2 Å². The Morgan fingerprint density at radius 1 is 1.32 bits per heavy atom. The molecular formula is C16H25NO2. The molecule has 0 heterocycles. The fraction of sp³-hybridized carbons (Fsp3) is 0.500. The Balaban J connectivity index is 2.51. The van der Waals surface area contributed by atoms with Gasteiger partial charge in [0.2, 0.25) is 0 Å². The molecule has 0 spiro atoms. The molecule has 0 fully saturated rings. The van der Waals surface area contributed by atoms with E-state index < -0.39 is 0 Å². The average molecular weight is 263 g/mol. The van der Waals surface area contributed by atoms with Gasteiger partial charge < -0.3 is 15.2 Å². The summed E-state index contributed by atoms with van der Waals surface area (Å²) in [7, 11) is 1.67. The van der Waals surface area contributed by atoms with Crippen LogP contribution in [-0.4, -0.2) is 31.4 Å². The molecule has 1 aromatic rings. The molecule has 2 unspecified atom stereocenters. The average Bonchev–Trinajstić information content (AvgIpc) is 2.44. The van der Waals surface area contributed by atoms with Gasteiger partial charge in [-0.25, -0.2) is 0 Å². The number of hydrogen-bond donors (Lipinski definition) is 2. The van der Waals surface area contributed by atoms with Crippen LogP contribution in [0.5, 0.6) is 5.75 Å². The van der Waals surface area contributed by atoms with Crippen molar-refractivity contribution in [1.29, 1.82) is 0 Å². The normalized spacial score (nSPS) is 15.1. The fourth-order valence-electron chi connectivity index (χ4n) is 1.72. The lowest BCUT2D eigenvalue weighted by molar-refractivity contribution is 0.209. The summed E-state index contributed by atoms with van der Waals surface area (Å²) in [6, 6.07) is 8.32. The molecule has 0 amide bonds. The highest BCUT2D eigenvalue weighted by atomic mass is 16.5. The summed E-state index contributed by atoms with van der Waals surface area (Å²) < 4.78 is 5.14. The van der Waals surface area contributed by atoms with Crippen LogP contribution in [0.4, 0.5) is 0 Å². The van der Waals surface area contributed by atoms with Crippen molar-refractivity contribution < 1.29 is 9.84 Å². The lowest BCUT2D eigenvalue weighted by atomic mass is 10.0. The van der Waals surface area contributed by atoms with Gasteiger partial charge in [0.05, 0.1) is 7.11 Å². The first-order valence-corrected chi connectivity index (χ1v) is 6.72. The molecule has 0 aliphatic rings. The van der Waals surface area contributed by atoms with Crippen LogP contribution < -0.4 is 10.1 Å². The molecule has 3 heteroatoms. The number of ether oxygens (including phenoxy) is 1.